The second kappa shape index (κ2) is 6.40. The summed E-state index contributed by atoms with van der Waals surface area (Å²) in [5.41, 5.74) is -0.804. The number of carboxylic acid groups (broad SMARTS) is 1. The van der Waals surface area contributed by atoms with Gasteiger partial charge in [0.25, 0.3) is 0 Å². The van der Waals surface area contributed by atoms with Crippen LogP contribution in [0.25, 0.3) is 0 Å². The van der Waals surface area contributed by atoms with Gasteiger partial charge in [0.2, 0.25) is 5.91 Å². The van der Waals surface area contributed by atoms with Gasteiger partial charge in [-0.05, 0) is 12.8 Å². The molecule has 4 rings (SSSR count). The van der Waals surface area contributed by atoms with Gasteiger partial charge in [-0.15, -0.1) is 10.2 Å². The zero-order valence-corrected chi connectivity index (χ0v) is 14.4. The number of aliphatic carboxylic acids is 1. The van der Waals surface area contributed by atoms with Crippen molar-refractivity contribution >= 4 is 11.9 Å². The first-order valence-corrected chi connectivity index (χ1v) is 9.15. The van der Waals surface area contributed by atoms with Crippen LogP contribution in [0.15, 0.2) is 12.7 Å². The van der Waals surface area contributed by atoms with Crippen molar-refractivity contribution in [1.29, 1.82) is 0 Å². The van der Waals surface area contributed by atoms with Gasteiger partial charge in [-0.25, -0.2) is 0 Å². The molecule has 3 aliphatic rings. The van der Waals surface area contributed by atoms with Gasteiger partial charge in [-0.2, -0.15) is 0 Å². The number of hydrogen-bond donors (Lipinski definition) is 1. The summed E-state index contributed by atoms with van der Waals surface area (Å²) in [7, 11) is 0. The topological polar surface area (TPSA) is 91.6 Å². The average Bonchev–Trinajstić information content (AvgIpc) is 3.34. The van der Waals surface area contributed by atoms with Gasteiger partial charge in [0, 0.05) is 51.1 Å². The van der Waals surface area contributed by atoms with Crippen LogP contribution in [0.2, 0.25) is 0 Å². The molecular formula is C17H25N5O3. The normalized spacial score (nSPS) is 30.1. The lowest BCUT2D eigenvalue weighted by atomic mass is 9.81. The van der Waals surface area contributed by atoms with Crippen molar-refractivity contribution in [1.82, 2.24) is 24.6 Å². The van der Waals surface area contributed by atoms with Gasteiger partial charge >= 0.3 is 5.97 Å². The smallest absolute Gasteiger partial charge is 0.313 e. The van der Waals surface area contributed by atoms with Crippen LogP contribution in [0.5, 0.6) is 0 Å². The van der Waals surface area contributed by atoms with Gasteiger partial charge < -0.3 is 14.6 Å². The van der Waals surface area contributed by atoms with E-state index in [4.69, 9.17) is 0 Å². The molecule has 3 fully saturated rings. The van der Waals surface area contributed by atoms with Crippen molar-refractivity contribution in [3.8, 4) is 0 Å². The van der Waals surface area contributed by atoms with Crippen LogP contribution in [0, 0.1) is 17.3 Å². The van der Waals surface area contributed by atoms with Crippen LogP contribution in [-0.2, 0) is 16.1 Å². The first-order valence-electron chi connectivity index (χ1n) is 9.15. The molecule has 1 aliphatic carbocycles. The third kappa shape index (κ3) is 2.92. The van der Waals surface area contributed by atoms with E-state index in [1.165, 1.54) is 0 Å². The van der Waals surface area contributed by atoms with E-state index in [1.807, 2.05) is 9.47 Å². The van der Waals surface area contributed by atoms with E-state index in [9.17, 15) is 14.7 Å². The maximum atomic E-state index is 12.7. The Hall–Kier alpha value is -1.96. The second-order valence-electron chi connectivity index (χ2n) is 7.79. The summed E-state index contributed by atoms with van der Waals surface area (Å²) in [5, 5.41) is 17.5. The van der Waals surface area contributed by atoms with Gasteiger partial charge in [0.05, 0.1) is 0 Å². The number of carbonyl (C=O) groups excluding carboxylic acids is 1. The Balaban J connectivity index is 1.41. The van der Waals surface area contributed by atoms with Crippen molar-refractivity contribution < 1.29 is 14.7 Å². The van der Waals surface area contributed by atoms with E-state index in [-0.39, 0.29) is 17.7 Å². The van der Waals surface area contributed by atoms with Crippen LogP contribution < -0.4 is 0 Å². The summed E-state index contributed by atoms with van der Waals surface area (Å²) in [5.74, 6) is -0.430. The van der Waals surface area contributed by atoms with Crippen LogP contribution in [-0.4, -0.2) is 74.3 Å². The Kier molecular flexibility index (Phi) is 4.23. The average molecular weight is 347 g/mol. The molecule has 25 heavy (non-hydrogen) atoms. The number of carboxylic acids is 1. The number of hydrogen-bond acceptors (Lipinski definition) is 5. The number of rotatable bonds is 5. The second-order valence-corrected chi connectivity index (χ2v) is 7.79. The van der Waals surface area contributed by atoms with Crippen LogP contribution in [0.4, 0.5) is 0 Å². The fourth-order valence-corrected chi connectivity index (χ4v) is 4.84. The fourth-order valence-electron chi connectivity index (χ4n) is 4.84. The van der Waals surface area contributed by atoms with E-state index in [0.29, 0.717) is 19.6 Å². The van der Waals surface area contributed by atoms with Crippen molar-refractivity contribution in [3.63, 3.8) is 0 Å². The van der Waals surface area contributed by atoms with E-state index < -0.39 is 11.4 Å². The molecule has 1 amide bonds. The predicted molar refractivity (Wildman–Crippen MR) is 88.6 cm³/mol. The number of fused-ring (bicyclic) bond motifs is 1. The molecule has 1 N–H and O–H groups in total. The quantitative estimate of drug-likeness (QED) is 0.824. The number of likely N-dealkylation sites (tertiary alicyclic amines) is 2. The predicted octanol–water partition coefficient (Wildman–Crippen LogP) is 0.313. The lowest BCUT2D eigenvalue weighted by Crippen LogP contribution is -2.43. The summed E-state index contributed by atoms with van der Waals surface area (Å²) in [6.45, 7) is 3.74. The van der Waals surface area contributed by atoms with Crippen LogP contribution in [0.3, 0.4) is 0 Å². The number of carbonyl (C=O) groups is 2. The van der Waals surface area contributed by atoms with Crippen LogP contribution >= 0.6 is 0 Å². The molecule has 8 heteroatoms. The number of aromatic nitrogens is 3. The van der Waals surface area contributed by atoms with E-state index in [2.05, 4.69) is 15.1 Å². The molecule has 0 unspecified atom stereocenters. The van der Waals surface area contributed by atoms with Gasteiger partial charge in [-0.1, -0.05) is 12.8 Å². The summed E-state index contributed by atoms with van der Waals surface area (Å²) in [4.78, 5) is 28.8. The maximum Gasteiger partial charge on any atom is 0.313 e. The van der Waals surface area contributed by atoms with Gasteiger partial charge in [0.15, 0.2) is 0 Å². The molecule has 8 nitrogen and oxygen atoms in total. The highest BCUT2D eigenvalue weighted by atomic mass is 16.4. The molecule has 0 radical (unpaired) electrons. The highest BCUT2D eigenvalue weighted by Crippen LogP contribution is 2.43. The largest absolute Gasteiger partial charge is 0.481 e. The Morgan fingerprint density at radius 2 is 1.80 bits per heavy atom. The molecule has 0 spiro atoms. The Morgan fingerprint density at radius 1 is 1.08 bits per heavy atom. The number of nitrogens with zero attached hydrogens (tertiary/aromatic N) is 5. The molecule has 2 atom stereocenters. The molecule has 1 saturated carbocycles. The van der Waals surface area contributed by atoms with Crippen molar-refractivity contribution in [2.45, 2.75) is 32.2 Å². The zero-order valence-electron chi connectivity index (χ0n) is 14.4. The minimum atomic E-state index is -0.804. The van der Waals surface area contributed by atoms with E-state index in [0.717, 1.165) is 45.3 Å². The molecule has 1 aromatic rings. The van der Waals surface area contributed by atoms with Crippen molar-refractivity contribution in [2.24, 2.45) is 17.3 Å². The molecule has 2 aliphatic heterocycles. The van der Waals surface area contributed by atoms with Gasteiger partial charge in [-0.3, -0.25) is 14.5 Å². The lowest BCUT2D eigenvalue weighted by Gasteiger charge is -2.26. The van der Waals surface area contributed by atoms with E-state index in [1.54, 1.807) is 12.7 Å². The van der Waals surface area contributed by atoms with Crippen molar-refractivity contribution in [3.05, 3.63) is 12.7 Å². The summed E-state index contributed by atoms with van der Waals surface area (Å²) >= 11 is 0. The Bertz CT molecular complexity index is 643. The van der Waals surface area contributed by atoms with Crippen molar-refractivity contribution in [2.75, 3.05) is 32.7 Å². The third-order valence-corrected chi connectivity index (χ3v) is 6.26. The summed E-state index contributed by atoms with van der Waals surface area (Å²) in [6.07, 6.45) is 7.51. The van der Waals surface area contributed by atoms with E-state index >= 15 is 0 Å². The zero-order chi connectivity index (χ0) is 17.4. The fraction of sp³-hybridized carbons (Fsp3) is 0.765. The first kappa shape index (κ1) is 16.5. The minimum absolute atomic E-state index is 0.0243. The lowest BCUT2D eigenvalue weighted by molar-refractivity contribution is -0.149. The van der Waals surface area contributed by atoms with Crippen LogP contribution in [0.1, 0.15) is 25.7 Å². The molecule has 0 aromatic carbocycles. The number of amides is 1. The molecular weight excluding hydrogens is 322 g/mol. The Labute approximate surface area is 146 Å². The standard InChI is InChI=1S/C17H25N5O3/c23-15(13-3-1-2-4-13)22-8-14-7-20(5-6-21-11-18-19-12-21)9-17(14,10-22)16(24)25/h11-14H,1-10H2,(H,24,25)/t14-,17-/m0/s1. The monoisotopic (exact) mass is 347 g/mol. The molecule has 136 valence electrons. The third-order valence-electron chi connectivity index (χ3n) is 6.26. The Morgan fingerprint density at radius 3 is 2.44 bits per heavy atom. The summed E-state index contributed by atoms with van der Waals surface area (Å²) in [6, 6.07) is 0. The first-order chi connectivity index (χ1) is 12.1. The maximum absolute atomic E-state index is 12.7. The molecule has 1 aromatic heterocycles. The highest BCUT2D eigenvalue weighted by Gasteiger charge is 2.58. The molecule has 2 saturated heterocycles. The molecule has 0 bridgehead atoms. The highest BCUT2D eigenvalue weighted by molar-refractivity contribution is 5.83. The van der Waals surface area contributed by atoms with Gasteiger partial charge in [0.1, 0.15) is 18.1 Å². The molecule has 3 heterocycles. The summed E-state index contributed by atoms with van der Waals surface area (Å²) < 4.78 is 1.90. The minimum Gasteiger partial charge on any atom is -0.481 e. The SMILES string of the molecule is O=C(C1CCCC1)N1C[C@@H]2CN(CCn3cnnc3)C[C@]2(C(=O)O)C1.